The zero-order chi connectivity index (χ0) is 21.4. The molecule has 164 valence electrons. The average molecular weight is 453 g/mol. The number of hydrogen-bond donors (Lipinski definition) is 0. The highest BCUT2D eigenvalue weighted by molar-refractivity contribution is 7.90. The van der Waals surface area contributed by atoms with Crippen molar-refractivity contribution in [2.24, 2.45) is 0 Å². The minimum Gasteiger partial charge on any atom is -0.494 e. The zero-order valence-electron chi connectivity index (χ0n) is 17.3. The number of rotatable bonds is 10. The number of piperazine rings is 1. The molecule has 1 saturated heterocycles. The minimum atomic E-state index is -3.17. The van der Waals surface area contributed by atoms with Crippen molar-refractivity contribution in [3.63, 3.8) is 0 Å². The molecular weight excluding hydrogens is 424 g/mol. The highest BCUT2D eigenvalue weighted by atomic mass is 35.5. The van der Waals surface area contributed by atoms with Crippen LogP contribution in [0.4, 0.5) is 0 Å². The number of benzene rings is 2. The molecule has 0 amide bonds. The van der Waals surface area contributed by atoms with Gasteiger partial charge in [0.15, 0.2) is 9.84 Å². The van der Waals surface area contributed by atoms with Crippen LogP contribution in [-0.2, 0) is 9.84 Å². The van der Waals surface area contributed by atoms with Gasteiger partial charge in [0.25, 0.3) is 0 Å². The lowest BCUT2D eigenvalue weighted by molar-refractivity contribution is 0.112. The summed E-state index contributed by atoms with van der Waals surface area (Å²) in [6, 6.07) is 14.1. The van der Waals surface area contributed by atoms with E-state index >= 15 is 0 Å². The predicted molar refractivity (Wildman–Crippen MR) is 119 cm³/mol. The van der Waals surface area contributed by atoms with Crippen LogP contribution in [0.25, 0.3) is 0 Å². The van der Waals surface area contributed by atoms with Crippen molar-refractivity contribution in [3.05, 3.63) is 53.6 Å². The second kappa shape index (κ2) is 11.0. The maximum absolute atomic E-state index is 11.5. The number of nitrogens with zero attached hydrogens (tertiary/aromatic N) is 2. The Morgan fingerprint density at radius 1 is 0.867 bits per heavy atom. The second-order valence-electron chi connectivity index (χ2n) is 7.41. The van der Waals surface area contributed by atoms with Crippen LogP contribution >= 0.6 is 11.6 Å². The molecule has 1 fully saturated rings. The summed E-state index contributed by atoms with van der Waals surface area (Å²) in [5, 5.41) is 0.649. The summed E-state index contributed by atoms with van der Waals surface area (Å²) in [6.45, 7) is 7.26. The van der Waals surface area contributed by atoms with E-state index in [0.717, 1.165) is 51.4 Å². The molecular formula is C22H29ClN2O4S. The van der Waals surface area contributed by atoms with Gasteiger partial charge in [0.2, 0.25) is 0 Å². The molecule has 1 heterocycles. The van der Waals surface area contributed by atoms with Crippen LogP contribution in [-0.4, -0.2) is 77.0 Å². The van der Waals surface area contributed by atoms with Gasteiger partial charge in [0.1, 0.15) is 18.1 Å². The van der Waals surface area contributed by atoms with Gasteiger partial charge in [0.05, 0.1) is 16.5 Å². The summed E-state index contributed by atoms with van der Waals surface area (Å²) in [5.41, 5.74) is 0. The molecule has 1 aliphatic heterocycles. The second-order valence-corrected chi connectivity index (χ2v) is 9.83. The number of ether oxygens (including phenoxy) is 2. The summed E-state index contributed by atoms with van der Waals surface area (Å²) in [6.07, 6.45) is 2.14. The molecule has 0 bridgehead atoms. The standard InChI is InChI=1S/C22H29ClN2O4S/c1-30(26,27)20-9-7-19(8-10-20)28-17-4-11-24-12-14-25(15-13-24)16-18-29-22-6-3-2-5-21(22)23/h2-3,5-10H,4,11-18H2,1H3. The molecule has 0 aliphatic carbocycles. The molecule has 6 nitrogen and oxygen atoms in total. The van der Waals surface area contributed by atoms with Crippen LogP contribution in [0.1, 0.15) is 6.42 Å². The van der Waals surface area contributed by atoms with E-state index in [9.17, 15) is 8.42 Å². The summed E-state index contributed by atoms with van der Waals surface area (Å²) < 4.78 is 34.5. The molecule has 1 aliphatic rings. The smallest absolute Gasteiger partial charge is 0.175 e. The first-order valence-corrected chi connectivity index (χ1v) is 12.4. The molecule has 2 aromatic carbocycles. The van der Waals surface area contributed by atoms with Gasteiger partial charge in [-0.05, 0) is 42.8 Å². The van der Waals surface area contributed by atoms with Crippen molar-refractivity contribution in [2.75, 3.05) is 58.7 Å². The van der Waals surface area contributed by atoms with Gasteiger partial charge in [-0.3, -0.25) is 4.90 Å². The van der Waals surface area contributed by atoms with Crippen LogP contribution < -0.4 is 9.47 Å². The van der Waals surface area contributed by atoms with Crippen molar-refractivity contribution in [1.82, 2.24) is 9.80 Å². The van der Waals surface area contributed by atoms with Gasteiger partial charge in [0, 0.05) is 45.5 Å². The van der Waals surface area contributed by atoms with Crippen LogP contribution in [0, 0.1) is 0 Å². The Balaban J connectivity index is 1.27. The third-order valence-electron chi connectivity index (χ3n) is 5.11. The lowest BCUT2D eigenvalue weighted by atomic mass is 10.3. The number of para-hydroxylation sites is 1. The molecule has 3 rings (SSSR count). The third-order valence-corrected chi connectivity index (χ3v) is 6.55. The molecule has 0 spiro atoms. The van der Waals surface area contributed by atoms with E-state index in [-0.39, 0.29) is 0 Å². The van der Waals surface area contributed by atoms with Gasteiger partial charge in [-0.1, -0.05) is 23.7 Å². The first-order valence-electron chi connectivity index (χ1n) is 10.2. The topological polar surface area (TPSA) is 59.1 Å². The summed E-state index contributed by atoms with van der Waals surface area (Å²) in [4.78, 5) is 5.17. The van der Waals surface area contributed by atoms with E-state index in [1.165, 1.54) is 6.26 Å². The van der Waals surface area contributed by atoms with Crippen LogP contribution in [0.15, 0.2) is 53.4 Å². The fraction of sp³-hybridized carbons (Fsp3) is 0.455. The van der Waals surface area contributed by atoms with E-state index in [4.69, 9.17) is 21.1 Å². The number of sulfone groups is 1. The first kappa shape index (κ1) is 22.9. The van der Waals surface area contributed by atoms with Gasteiger partial charge in [-0.15, -0.1) is 0 Å². The number of hydrogen-bond acceptors (Lipinski definition) is 6. The Morgan fingerprint density at radius 2 is 1.50 bits per heavy atom. The molecule has 30 heavy (non-hydrogen) atoms. The van der Waals surface area contributed by atoms with Crippen LogP contribution in [0.5, 0.6) is 11.5 Å². The van der Waals surface area contributed by atoms with E-state index in [0.29, 0.717) is 28.9 Å². The summed E-state index contributed by atoms with van der Waals surface area (Å²) in [7, 11) is -3.17. The van der Waals surface area contributed by atoms with E-state index in [1.807, 2.05) is 24.3 Å². The molecule has 0 radical (unpaired) electrons. The predicted octanol–water partition coefficient (Wildman–Crippen LogP) is 3.21. The maximum atomic E-state index is 11.5. The molecule has 0 aromatic heterocycles. The molecule has 0 saturated carbocycles. The van der Waals surface area contributed by atoms with Gasteiger partial charge >= 0.3 is 0 Å². The van der Waals surface area contributed by atoms with E-state index < -0.39 is 9.84 Å². The van der Waals surface area contributed by atoms with Crippen molar-refractivity contribution < 1.29 is 17.9 Å². The van der Waals surface area contributed by atoms with Crippen LogP contribution in [0.3, 0.4) is 0 Å². The highest BCUT2D eigenvalue weighted by Crippen LogP contribution is 2.23. The lowest BCUT2D eigenvalue weighted by Crippen LogP contribution is -2.47. The van der Waals surface area contributed by atoms with Crippen molar-refractivity contribution in [2.45, 2.75) is 11.3 Å². The molecule has 0 atom stereocenters. The highest BCUT2D eigenvalue weighted by Gasteiger charge is 2.16. The SMILES string of the molecule is CS(=O)(=O)c1ccc(OCCCN2CCN(CCOc3ccccc3Cl)CC2)cc1. The normalized spacial score (nSPS) is 15.8. The van der Waals surface area contributed by atoms with Crippen LogP contribution in [0.2, 0.25) is 5.02 Å². The van der Waals surface area contributed by atoms with E-state index in [1.54, 1.807) is 24.3 Å². The van der Waals surface area contributed by atoms with Crippen molar-refractivity contribution in [1.29, 1.82) is 0 Å². The minimum absolute atomic E-state index is 0.310. The average Bonchev–Trinajstić information content (AvgIpc) is 2.73. The Kier molecular flexibility index (Phi) is 8.39. The summed E-state index contributed by atoms with van der Waals surface area (Å²) in [5.74, 6) is 1.44. The van der Waals surface area contributed by atoms with Crippen molar-refractivity contribution >= 4 is 21.4 Å². The number of halogens is 1. The van der Waals surface area contributed by atoms with E-state index in [2.05, 4.69) is 9.80 Å². The molecule has 0 unspecified atom stereocenters. The third kappa shape index (κ3) is 7.16. The fourth-order valence-electron chi connectivity index (χ4n) is 3.34. The molecule has 2 aromatic rings. The Hall–Kier alpha value is -1.80. The van der Waals surface area contributed by atoms with Gasteiger partial charge in [-0.2, -0.15) is 0 Å². The Morgan fingerprint density at radius 3 is 2.13 bits per heavy atom. The monoisotopic (exact) mass is 452 g/mol. The maximum Gasteiger partial charge on any atom is 0.175 e. The van der Waals surface area contributed by atoms with Crippen molar-refractivity contribution in [3.8, 4) is 11.5 Å². The van der Waals surface area contributed by atoms with Gasteiger partial charge < -0.3 is 14.4 Å². The Labute approximate surface area is 184 Å². The van der Waals surface area contributed by atoms with Gasteiger partial charge in [-0.25, -0.2) is 8.42 Å². The summed E-state index contributed by atoms with van der Waals surface area (Å²) >= 11 is 6.11. The first-order chi connectivity index (χ1) is 14.4. The Bertz CT molecular complexity index is 898. The largest absolute Gasteiger partial charge is 0.494 e. The fourth-order valence-corrected chi connectivity index (χ4v) is 4.16. The zero-order valence-corrected chi connectivity index (χ0v) is 18.9. The lowest BCUT2D eigenvalue weighted by Gasteiger charge is -2.34. The quantitative estimate of drug-likeness (QED) is 0.516. The molecule has 0 N–H and O–H groups in total. The molecule has 8 heteroatoms.